The molecule has 2 aromatic carbocycles. The Kier molecular flexibility index (Phi) is 9.32. The summed E-state index contributed by atoms with van der Waals surface area (Å²) in [5.41, 5.74) is 0.117. The summed E-state index contributed by atoms with van der Waals surface area (Å²) in [6.45, 7) is 6.55. The third kappa shape index (κ3) is 7.26. The number of rotatable bonds is 8. The molecule has 1 amide bonds. The van der Waals surface area contributed by atoms with E-state index in [1.807, 2.05) is 19.1 Å². The number of carbonyl (C=O) groups excluding carboxylic acids is 1. The van der Waals surface area contributed by atoms with Crippen LogP contribution in [0.2, 0.25) is 10.0 Å². The summed E-state index contributed by atoms with van der Waals surface area (Å²) in [4.78, 5) is 18.0. The van der Waals surface area contributed by atoms with Gasteiger partial charge in [0.25, 0.3) is 0 Å². The van der Waals surface area contributed by atoms with Gasteiger partial charge in [0, 0.05) is 26.2 Å². The van der Waals surface area contributed by atoms with Crippen LogP contribution in [-0.4, -0.2) is 62.6 Å². The smallest absolute Gasteiger partial charge is 0.418 e. The average Bonchev–Trinajstić information content (AvgIpc) is 2.80. The average molecular weight is 532 g/mol. The quantitative estimate of drug-likeness (QED) is 0.448. The molecule has 1 saturated heterocycles. The number of benzene rings is 2. The SMILES string of the molecule is COc1cc(C(CCCN2CCN(C)CC2)C(=O)Nc2cc(Cl)c(Cl)cc2C(F)(F)F)ccc1C. The number of hydrogen-bond acceptors (Lipinski definition) is 4. The van der Waals surface area contributed by atoms with Crippen molar-refractivity contribution in [3.63, 3.8) is 0 Å². The molecule has 0 spiro atoms. The van der Waals surface area contributed by atoms with E-state index in [0.29, 0.717) is 24.2 Å². The van der Waals surface area contributed by atoms with E-state index in [-0.39, 0.29) is 10.0 Å². The molecule has 1 unspecified atom stereocenters. The van der Waals surface area contributed by atoms with Gasteiger partial charge in [-0.1, -0.05) is 35.3 Å². The Morgan fingerprint density at radius 1 is 1.11 bits per heavy atom. The first-order chi connectivity index (χ1) is 16.5. The highest BCUT2D eigenvalue weighted by molar-refractivity contribution is 6.42. The number of alkyl halides is 3. The fourth-order valence-electron chi connectivity index (χ4n) is 4.20. The van der Waals surface area contributed by atoms with Gasteiger partial charge in [-0.25, -0.2) is 0 Å². The maximum Gasteiger partial charge on any atom is 0.418 e. The minimum Gasteiger partial charge on any atom is -0.496 e. The number of carbonyl (C=O) groups is 1. The molecule has 1 N–H and O–H groups in total. The fourth-order valence-corrected chi connectivity index (χ4v) is 4.52. The van der Waals surface area contributed by atoms with Gasteiger partial charge in [-0.3, -0.25) is 4.79 Å². The third-order valence-electron chi connectivity index (χ3n) is 6.34. The number of ether oxygens (including phenoxy) is 1. The Hall–Kier alpha value is -2.00. The summed E-state index contributed by atoms with van der Waals surface area (Å²) in [6.07, 6.45) is -3.53. The molecule has 1 heterocycles. The molecule has 0 aromatic heterocycles. The number of methoxy groups -OCH3 is 1. The minimum atomic E-state index is -4.71. The summed E-state index contributed by atoms with van der Waals surface area (Å²) >= 11 is 11.8. The van der Waals surface area contributed by atoms with E-state index in [2.05, 4.69) is 22.2 Å². The Morgan fingerprint density at radius 3 is 2.40 bits per heavy atom. The molecule has 0 radical (unpaired) electrons. The van der Waals surface area contributed by atoms with Crippen molar-refractivity contribution in [2.45, 2.75) is 31.9 Å². The predicted octanol–water partition coefficient (Wildman–Crippen LogP) is 6.08. The summed E-state index contributed by atoms with van der Waals surface area (Å²) in [7, 11) is 3.63. The van der Waals surface area contributed by atoms with Crippen molar-refractivity contribution in [2.75, 3.05) is 52.2 Å². The minimum absolute atomic E-state index is 0.0708. The van der Waals surface area contributed by atoms with Gasteiger partial charge in [0.1, 0.15) is 5.75 Å². The van der Waals surface area contributed by atoms with Crippen LogP contribution >= 0.6 is 23.2 Å². The molecule has 2 aromatic rings. The lowest BCUT2D eigenvalue weighted by Crippen LogP contribution is -2.44. The number of hydrogen-bond donors (Lipinski definition) is 1. The molecule has 0 bridgehead atoms. The lowest BCUT2D eigenvalue weighted by molar-refractivity contribution is -0.137. The van der Waals surface area contributed by atoms with Crippen molar-refractivity contribution in [3.05, 3.63) is 57.1 Å². The standard InChI is InChI=1S/C25H30Cl2F3N3O2/c1-16-6-7-17(13-23(16)35-3)18(5-4-8-33-11-9-32(2)10-12-33)24(34)31-22-15-21(27)20(26)14-19(22)25(28,29)30/h6-7,13-15,18H,4-5,8-12H2,1-3H3,(H,31,34). The van der Waals surface area contributed by atoms with Crippen LogP contribution in [-0.2, 0) is 11.0 Å². The predicted molar refractivity (Wildman–Crippen MR) is 134 cm³/mol. The van der Waals surface area contributed by atoms with Gasteiger partial charge >= 0.3 is 6.18 Å². The molecular formula is C25H30Cl2F3N3O2. The Morgan fingerprint density at radius 2 is 1.77 bits per heavy atom. The number of nitrogens with zero attached hydrogens (tertiary/aromatic N) is 2. The third-order valence-corrected chi connectivity index (χ3v) is 7.06. The van der Waals surface area contributed by atoms with Crippen LogP contribution in [0.25, 0.3) is 0 Å². The molecule has 0 saturated carbocycles. The second-order valence-electron chi connectivity index (χ2n) is 8.87. The van der Waals surface area contributed by atoms with Gasteiger partial charge in [-0.05, 0) is 62.7 Å². The van der Waals surface area contributed by atoms with Crippen LogP contribution < -0.4 is 10.1 Å². The Bertz CT molecular complexity index is 1040. The van der Waals surface area contributed by atoms with Gasteiger partial charge in [-0.2, -0.15) is 13.2 Å². The van der Waals surface area contributed by atoms with E-state index < -0.39 is 29.3 Å². The Labute approximate surface area is 214 Å². The van der Waals surface area contributed by atoms with E-state index in [4.69, 9.17) is 27.9 Å². The zero-order valence-electron chi connectivity index (χ0n) is 20.0. The maximum absolute atomic E-state index is 13.6. The first-order valence-electron chi connectivity index (χ1n) is 11.4. The lowest BCUT2D eigenvalue weighted by Gasteiger charge is -2.32. The van der Waals surface area contributed by atoms with Crippen LogP contribution in [0.5, 0.6) is 5.75 Å². The monoisotopic (exact) mass is 531 g/mol. The van der Waals surface area contributed by atoms with Gasteiger partial charge < -0.3 is 19.9 Å². The maximum atomic E-state index is 13.6. The molecule has 1 fully saturated rings. The van der Waals surface area contributed by atoms with Crippen molar-refractivity contribution in [1.82, 2.24) is 9.80 Å². The van der Waals surface area contributed by atoms with E-state index in [1.165, 1.54) is 0 Å². The van der Waals surface area contributed by atoms with Crippen molar-refractivity contribution in [2.24, 2.45) is 0 Å². The van der Waals surface area contributed by atoms with Gasteiger partial charge in [0.2, 0.25) is 5.91 Å². The molecule has 192 valence electrons. The second kappa shape index (κ2) is 11.8. The molecule has 35 heavy (non-hydrogen) atoms. The highest BCUT2D eigenvalue weighted by Gasteiger charge is 2.35. The Balaban J connectivity index is 1.84. The molecule has 10 heteroatoms. The number of piperazine rings is 1. The number of amides is 1. The van der Waals surface area contributed by atoms with Crippen LogP contribution in [0.15, 0.2) is 30.3 Å². The second-order valence-corrected chi connectivity index (χ2v) is 9.68. The number of anilines is 1. The largest absolute Gasteiger partial charge is 0.496 e. The fraction of sp³-hybridized carbons (Fsp3) is 0.480. The van der Waals surface area contributed by atoms with Crippen LogP contribution in [0.3, 0.4) is 0 Å². The molecule has 5 nitrogen and oxygen atoms in total. The summed E-state index contributed by atoms with van der Waals surface area (Å²) in [6, 6.07) is 7.21. The topological polar surface area (TPSA) is 44.8 Å². The van der Waals surface area contributed by atoms with E-state index in [9.17, 15) is 18.0 Å². The normalized spacial score (nSPS) is 16.2. The molecule has 1 aliphatic rings. The number of likely N-dealkylation sites (N-methyl/N-ethyl adjacent to an activating group) is 1. The highest BCUT2D eigenvalue weighted by atomic mass is 35.5. The molecule has 1 aliphatic heterocycles. The number of aryl methyl sites for hydroxylation is 1. The van der Waals surface area contributed by atoms with Gasteiger partial charge in [0.05, 0.1) is 34.3 Å². The summed E-state index contributed by atoms with van der Waals surface area (Å²) < 4.78 is 46.3. The van der Waals surface area contributed by atoms with E-state index >= 15 is 0 Å². The number of nitrogens with one attached hydrogen (secondary N) is 1. The van der Waals surface area contributed by atoms with Crippen LogP contribution in [0, 0.1) is 6.92 Å². The van der Waals surface area contributed by atoms with Crippen molar-refractivity contribution in [1.29, 1.82) is 0 Å². The van der Waals surface area contributed by atoms with Crippen molar-refractivity contribution < 1.29 is 22.7 Å². The first kappa shape index (κ1) is 27.6. The molecular weight excluding hydrogens is 502 g/mol. The zero-order chi connectivity index (χ0) is 25.8. The molecule has 0 aliphatic carbocycles. The summed E-state index contributed by atoms with van der Waals surface area (Å²) in [5, 5.41) is 2.16. The summed E-state index contributed by atoms with van der Waals surface area (Å²) in [5.74, 6) is -0.601. The van der Waals surface area contributed by atoms with Crippen molar-refractivity contribution in [3.8, 4) is 5.75 Å². The lowest BCUT2D eigenvalue weighted by atomic mass is 9.91. The van der Waals surface area contributed by atoms with Crippen molar-refractivity contribution >= 4 is 34.8 Å². The van der Waals surface area contributed by atoms with Crippen LogP contribution in [0.4, 0.5) is 18.9 Å². The van der Waals surface area contributed by atoms with E-state index in [0.717, 1.165) is 50.4 Å². The highest BCUT2D eigenvalue weighted by Crippen LogP contribution is 2.40. The van der Waals surface area contributed by atoms with E-state index in [1.54, 1.807) is 13.2 Å². The molecule has 1 atom stereocenters. The van der Waals surface area contributed by atoms with Gasteiger partial charge in [0.15, 0.2) is 0 Å². The zero-order valence-corrected chi connectivity index (χ0v) is 21.5. The number of halogens is 5. The van der Waals surface area contributed by atoms with Gasteiger partial charge in [-0.15, -0.1) is 0 Å². The molecule has 3 rings (SSSR count). The first-order valence-corrected chi connectivity index (χ1v) is 12.2. The van der Waals surface area contributed by atoms with Crippen LogP contribution in [0.1, 0.15) is 35.4 Å².